The first-order chi connectivity index (χ1) is 11.8. The maximum absolute atomic E-state index is 12.4. The van der Waals surface area contributed by atoms with Crippen molar-refractivity contribution in [2.75, 3.05) is 12.4 Å². The zero-order valence-electron chi connectivity index (χ0n) is 14.6. The maximum Gasteiger partial charge on any atom is 0.342 e. The highest BCUT2D eigenvalue weighted by Crippen LogP contribution is 2.24. The Balaban J connectivity index is 2.09. The first-order valence-electron chi connectivity index (χ1n) is 7.75. The number of carbonyl (C=O) groups is 2. The summed E-state index contributed by atoms with van der Waals surface area (Å²) in [6.07, 6.45) is -0.976. The predicted octanol–water partition coefficient (Wildman–Crippen LogP) is 4.15. The van der Waals surface area contributed by atoms with Crippen LogP contribution >= 0.6 is 11.6 Å². The van der Waals surface area contributed by atoms with Crippen LogP contribution in [0.3, 0.4) is 0 Å². The molecule has 2 aromatic carbocycles. The fraction of sp³-hybridized carbons (Fsp3) is 0.263. The molecule has 0 fully saturated rings. The minimum absolute atomic E-state index is 0.279. The molecule has 0 saturated heterocycles. The Kier molecular flexibility index (Phi) is 6.04. The van der Waals surface area contributed by atoms with Crippen molar-refractivity contribution < 1.29 is 19.1 Å². The lowest BCUT2D eigenvalue weighted by molar-refractivity contribution is -0.123. The summed E-state index contributed by atoms with van der Waals surface area (Å²) in [6, 6.07) is 10.4. The van der Waals surface area contributed by atoms with Crippen molar-refractivity contribution in [3.05, 3.63) is 58.1 Å². The molecule has 0 bridgehead atoms. The van der Waals surface area contributed by atoms with Gasteiger partial charge in [-0.15, -0.1) is 0 Å². The number of benzene rings is 2. The molecule has 6 heteroatoms. The lowest BCUT2D eigenvalue weighted by atomic mass is 10.1. The standard InChI is InChI=1S/C19H20ClNO4/c1-11-8-9-17(24-4)14(10-11)19(23)25-13(3)18(22)21-16-7-5-6-15(20)12(16)2/h5-10,13H,1-4H3,(H,21,22)/t13-/m1/s1. The molecule has 0 radical (unpaired) electrons. The van der Waals surface area contributed by atoms with Gasteiger partial charge in [-0.3, -0.25) is 4.79 Å². The number of amides is 1. The first-order valence-corrected chi connectivity index (χ1v) is 8.13. The van der Waals surface area contributed by atoms with Gasteiger partial charge in [0, 0.05) is 10.7 Å². The van der Waals surface area contributed by atoms with Crippen molar-refractivity contribution in [1.29, 1.82) is 0 Å². The molecular weight excluding hydrogens is 342 g/mol. The molecule has 1 amide bonds. The molecule has 0 aliphatic rings. The lowest BCUT2D eigenvalue weighted by Crippen LogP contribution is -2.30. The Hall–Kier alpha value is -2.53. The zero-order chi connectivity index (χ0) is 18.6. The minimum Gasteiger partial charge on any atom is -0.496 e. The number of esters is 1. The van der Waals surface area contributed by atoms with Gasteiger partial charge < -0.3 is 14.8 Å². The fourth-order valence-electron chi connectivity index (χ4n) is 2.24. The molecule has 132 valence electrons. The van der Waals surface area contributed by atoms with E-state index in [0.29, 0.717) is 16.5 Å². The highest BCUT2D eigenvalue weighted by atomic mass is 35.5. The molecule has 0 aliphatic carbocycles. The van der Waals surface area contributed by atoms with Crippen LogP contribution in [0.1, 0.15) is 28.4 Å². The number of nitrogens with one attached hydrogen (secondary N) is 1. The molecule has 0 spiro atoms. The van der Waals surface area contributed by atoms with E-state index in [2.05, 4.69) is 5.32 Å². The van der Waals surface area contributed by atoms with Gasteiger partial charge in [-0.05, 0) is 50.6 Å². The van der Waals surface area contributed by atoms with Crippen LogP contribution in [-0.2, 0) is 9.53 Å². The van der Waals surface area contributed by atoms with E-state index in [4.69, 9.17) is 21.1 Å². The molecule has 0 aromatic heterocycles. The summed E-state index contributed by atoms with van der Waals surface area (Å²) in [5, 5.41) is 3.26. The summed E-state index contributed by atoms with van der Waals surface area (Å²) in [7, 11) is 1.47. The molecule has 0 aliphatic heterocycles. The highest BCUT2D eigenvalue weighted by Gasteiger charge is 2.22. The number of ether oxygens (including phenoxy) is 2. The number of rotatable bonds is 5. The monoisotopic (exact) mass is 361 g/mol. The van der Waals surface area contributed by atoms with E-state index in [1.165, 1.54) is 14.0 Å². The quantitative estimate of drug-likeness (QED) is 0.812. The Labute approximate surface area is 151 Å². The third-order valence-electron chi connectivity index (χ3n) is 3.75. The summed E-state index contributed by atoms with van der Waals surface area (Å²) < 4.78 is 10.4. The van der Waals surface area contributed by atoms with Gasteiger partial charge in [0.15, 0.2) is 6.10 Å². The van der Waals surface area contributed by atoms with Crippen LogP contribution in [0.2, 0.25) is 5.02 Å². The van der Waals surface area contributed by atoms with Crippen molar-refractivity contribution in [3.8, 4) is 5.75 Å². The average molecular weight is 362 g/mol. The van der Waals surface area contributed by atoms with Crippen molar-refractivity contribution in [2.45, 2.75) is 26.9 Å². The number of hydrogen-bond acceptors (Lipinski definition) is 4. The van der Waals surface area contributed by atoms with E-state index >= 15 is 0 Å². The molecule has 0 saturated carbocycles. The van der Waals surface area contributed by atoms with Gasteiger partial charge in [-0.1, -0.05) is 29.3 Å². The Bertz CT molecular complexity index is 804. The van der Waals surface area contributed by atoms with Crippen LogP contribution in [0.5, 0.6) is 5.75 Å². The van der Waals surface area contributed by atoms with Crippen molar-refractivity contribution >= 4 is 29.2 Å². The molecule has 0 heterocycles. The molecule has 5 nitrogen and oxygen atoms in total. The maximum atomic E-state index is 12.4. The van der Waals surface area contributed by atoms with Crippen LogP contribution < -0.4 is 10.1 Å². The Morgan fingerprint density at radius 2 is 1.88 bits per heavy atom. The van der Waals surface area contributed by atoms with Crippen LogP contribution in [0.25, 0.3) is 0 Å². The Morgan fingerprint density at radius 1 is 1.16 bits per heavy atom. The second-order valence-electron chi connectivity index (χ2n) is 5.65. The summed E-state index contributed by atoms with van der Waals surface area (Å²) in [5.74, 6) is -0.662. The van der Waals surface area contributed by atoms with Gasteiger partial charge in [0.05, 0.1) is 7.11 Å². The van der Waals surface area contributed by atoms with Gasteiger partial charge in [0.2, 0.25) is 0 Å². The van der Waals surface area contributed by atoms with Gasteiger partial charge >= 0.3 is 5.97 Å². The number of halogens is 1. The van der Waals surface area contributed by atoms with Gasteiger partial charge in [0.25, 0.3) is 5.91 Å². The average Bonchev–Trinajstić information content (AvgIpc) is 2.58. The topological polar surface area (TPSA) is 64.6 Å². The number of carbonyl (C=O) groups excluding carboxylic acids is 2. The second-order valence-corrected chi connectivity index (χ2v) is 6.06. The summed E-state index contributed by atoms with van der Waals surface area (Å²) >= 11 is 6.04. The van der Waals surface area contributed by atoms with Crippen molar-refractivity contribution in [3.63, 3.8) is 0 Å². The zero-order valence-corrected chi connectivity index (χ0v) is 15.3. The lowest BCUT2D eigenvalue weighted by Gasteiger charge is -2.16. The summed E-state index contributed by atoms with van der Waals surface area (Å²) in [6.45, 7) is 5.16. The van der Waals surface area contributed by atoms with E-state index in [1.54, 1.807) is 37.3 Å². The normalized spacial score (nSPS) is 11.6. The minimum atomic E-state index is -0.976. The third-order valence-corrected chi connectivity index (χ3v) is 4.16. The molecule has 2 rings (SSSR count). The summed E-state index contributed by atoms with van der Waals surface area (Å²) in [5.41, 5.74) is 2.49. The second kappa shape index (κ2) is 8.03. The number of anilines is 1. The fourth-order valence-corrected chi connectivity index (χ4v) is 2.41. The van der Waals surface area contributed by atoms with Crippen molar-refractivity contribution in [2.24, 2.45) is 0 Å². The number of aryl methyl sites for hydroxylation is 1. The molecule has 1 N–H and O–H groups in total. The third kappa shape index (κ3) is 4.51. The van der Waals surface area contributed by atoms with E-state index in [0.717, 1.165) is 11.1 Å². The van der Waals surface area contributed by atoms with Gasteiger partial charge in [-0.2, -0.15) is 0 Å². The van der Waals surface area contributed by atoms with E-state index in [9.17, 15) is 9.59 Å². The molecule has 2 aromatic rings. The van der Waals surface area contributed by atoms with E-state index in [1.807, 2.05) is 13.0 Å². The molecular formula is C19H20ClNO4. The molecule has 25 heavy (non-hydrogen) atoms. The molecule has 0 unspecified atom stereocenters. The predicted molar refractivity (Wildman–Crippen MR) is 97.4 cm³/mol. The Morgan fingerprint density at radius 3 is 2.56 bits per heavy atom. The van der Waals surface area contributed by atoms with E-state index in [-0.39, 0.29) is 5.56 Å². The summed E-state index contributed by atoms with van der Waals surface area (Å²) in [4.78, 5) is 24.7. The van der Waals surface area contributed by atoms with Crippen LogP contribution in [0, 0.1) is 13.8 Å². The van der Waals surface area contributed by atoms with Gasteiger partial charge in [-0.25, -0.2) is 4.79 Å². The SMILES string of the molecule is COc1ccc(C)cc1C(=O)O[C@H](C)C(=O)Nc1cccc(Cl)c1C. The van der Waals surface area contributed by atoms with Crippen LogP contribution in [0.4, 0.5) is 5.69 Å². The van der Waals surface area contributed by atoms with E-state index < -0.39 is 18.0 Å². The van der Waals surface area contributed by atoms with Crippen LogP contribution in [0.15, 0.2) is 36.4 Å². The molecule has 1 atom stereocenters. The highest BCUT2D eigenvalue weighted by molar-refractivity contribution is 6.31. The smallest absolute Gasteiger partial charge is 0.342 e. The first kappa shape index (κ1) is 18.8. The number of hydrogen-bond donors (Lipinski definition) is 1. The van der Waals surface area contributed by atoms with Crippen molar-refractivity contribution in [1.82, 2.24) is 0 Å². The number of methoxy groups -OCH3 is 1. The van der Waals surface area contributed by atoms with Crippen LogP contribution in [-0.4, -0.2) is 25.1 Å². The van der Waals surface area contributed by atoms with Gasteiger partial charge in [0.1, 0.15) is 11.3 Å². The largest absolute Gasteiger partial charge is 0.496 e.